The zero-order valence-electron chi connectivity index (χ0n) is 13.7. The molecule has 0 spiro atoms. The Kier molecular flexibility index (Phi) is 4.77. The van der Waals surface area contributed by atoms with E-state index in [4.69, 9.17) is 4.74 Å². The third-order valence-electron chi connectivity index (χ3n) is 4.00. The molecule has 3 aromatic rings. The molecule has 0 aliphatic carbocycles. The molecule has 3 aromatic carbocycles. The molecule has 0 radical (unpaired) electrons. The molecule has 23 heavy (non-hydrogen) atoms. The average Bonchev–Trinajstić information content (AvgIpc) is 2.61. The summed E-state index contributed by atoms with van der Waals surface area (Å²) < 4.78 is 6.11. The minimum Gasteiger partial charge on any atom is -0.488 e. The van der Waals surface area contributed by atoms with Crippen molar-refractivity contribution in [2.45, 2.75) is 26.4 Å². The van der Waals surface area contributed by atoms with Crippen LogP contribution in [0.1, 0.15) is 30.9 Å². The van der Waals surface area contributed by atoms with Crippen LogP contribution in [0.5, 0.6) is 5.75 Å². The van der Waals surface area contributed by atoms with Gasteiger partial charge in [-0.05, 0) is 28.7 Å². The highest BCUT2D eigenvalue weighted by Crippen LogP contribution is 2.35. The number of hydrogen-bond acceptors (Lipinski definition) is 1. The van der Waals surface area contributed by atoms with E-state index >= 15 is 0 Å². The molecule has 0 aliphatic heterocycles. The van der Waals surface area contributed by atoms with E-state index in [-0.39, 0.29) is 0 Å². The van der Waals surface area contributed by atoms with Crippen LogP contribution in [0.3, 0.4) is 0 Å². The predicted molar refractivity (Wildman–Crippen MR) is 96.7 cm³/mol. The van der Waals surface area contributed by atoms with E-state index in [9.17, 15) is 0 Å². The Balaban J connectivity index is 1.92. The van der Waals surface area contributed by atoms with Gasteiger partial charge in [-0.25, -0.2) is 0 Å². The van der Waals surface area contributed by atoms with Crippen molar-refractivity contribution < 1.29 is 4.74 Å². The van der Waals surface area contributed by atoms with E-state index in [0.29, 0.717) is 12.5 Å². The molecule has 3 rings (SSSR count). The maximum absolute atomic E-state index is 6.11. The number of hydrogen-bond donors (Lipinski definition) is 0. The van der Waals surface area contributed by atoms with Crippen molar-refractivity contribution in [2.24, 2.45) is 0 Å². The Labute approximate surface area is 138 Å². The molecule has 0 fully saturated rings. The highest BCUT2D eigenvalue weighted by Gasteiger charge is 2.12. The van der Waals surface area contributed by atoms with Gasteiger partial charge in [0.05, 0.1) is 0 Å². The Morgan fingerprint density at radius 3 is 2.04 bits per heavy atom. The van der Waals surface area contributed by atoms with Crippen LogP contribution in [-0.2, 0) is 6.61 Å². The van der Waals surface area contributed by atoms with Crippen molar-refractivity contribution in [2.75, 3.05) is 0 Å². The molecule has 0 atom stereocenters. The number of benzene rings is 3. The minimum absolute atomic E-state index is 0.480. The van der Waals surface area contributed by atoms with E-state index < -0.39 is 0 Å². The van der Waals surface area contributed by atoms with Crippen molar-refractivity contribution >= 4 is 0 Å². The van der Waals surface area contributed by atoms with Gasteiger partial charge in [0.1, 0.15) is 12.4 Å². The van der Waals surface area contributed by atoms with Crippen LogP contribution in [0.4, 0.5) is 0 Å². The summed E-state index contributed by atoms with van der Waals surface area (Å²) >= 11 is 0. The molecule has 0 aromatic heterocycles. The quantitative estimate of drug-likeness (QED) is 0.557. The third-order valence-corrected chi connectivity index (χ3v) is 4.00. The zero-order chi connectivity index (χ0) is 16.1. The predicted octanol–water partition coefficient (Wildman–Crippen LogP) is 6.06. The number of rotatable bonds is 5. The molecule has 0 amide bonds. The Morgan fingerprint density at radius 1 is 0.696 bits per heavy atom. The van der Waals surface area contributed by atoms with Crippen molar-refractivity contribution in [3.05, 3.63) is 90.0 Å². The monoisotopic (exact) mass is 302 g/mol. The number of para-hydroxylation sites is 1. The Morgan fingerprint density at radius 2 is 1.30 bits per heavy atom. The van der Waals surface area contributed by atoms with Gasteiger partial charge >= 0.3 is 0 Å². The van der Waals surface area contributed by atoms with E-state index in [1.54, 1.807) is 0 Å². The largest absolute Gasteiger partial charge is 0.488 e. The van der Waals surface area contributed by atoms with Crippen molar-refractivity contribution in [3.8, 4) is 16.9 Å². The molecule has 0 saturated carbocycles. The van der Waals surface area contributed by atoms with E-state index in [2.05, 4.69) is 68.4 Å². The summed E-state index contributed by atoms with van der Waals surface area (Å²) in [6.07, 6.45) is 0. The van der Waals surface area contributed by atoms with Gasteiger partial charge in [0.25, 0.3) is 0 Å². The van der Waals surface area contributed by atoms with Crippen LogP contribution >= 0.6 is 0 Å². The van der Waals surface area contributed by atoms with Crippen LogP contribution in [0.15, 0.2) is 78.9 Å². The van der Waals surface area contributed by atoms with E-state index in [0.717, 1.165) is 11.3 Å². The second kappa shape index (κ2) is 7.15. The summed E-state index contributed by atoms with van der Waals surface area (Å²) in [5, 5.41) is 0. The molecular formula is C22H22O. The van der Waals surface area contributed by atoms with Crippen LogP contribution in [-0.4, -0.2) is 0 Å². The van der Waals surface area contributed by atoms with Crippen LogP contribution in [0.2, 0.25) is 0 Å². The molecule has 1 heteroatoms. The lowest BCUT2D eigenvalue weighted by molar-refractivity contribution is 0.307. The molecule has 0 bridgehead atoms. The lowest BCUT2D eigenvalue weighted by atomic mass is 9.92. The highest BCUT2D eigenvalue weighted by molar-refractivity contribution is 5.73. The van der Waals surface area contributed by atoms with Gasteiger partial charge in [-0.3, -0.25) is 0 Å². The van der Waals surface area contributed by atoms with Gasteiger partial charge in [-0.15, -0.1) is 0 Å². The molecule has 0 N–H and O–H groups in total. The van der Waals surface area contributed by atoms with Gasteiger partial charge < -0.3 is 4.74 Å². The maximum Gasteiger partial charge on any atom is 0.127 e. The van der Waals surface area contributed by atoms with Crippen LogP contribution < -0.4 is 4.74 Å². The van der Waals surface area contributed by atoms with Gasteiger partial charge in [0.2, 0.25) is 0 Å². The summed E-state index contributed by atoms with van der Waals surface area (Å²) in [7, 11) is 0. The first-order valence-electron chi connectivity index (χ1n) is 8.11. The highest BCUT2D eigenvalue weighted by atomic mass is 16.5. The second-order valence-corrected chi connectivity index (χ2v) is 6.01. The third kappa shape index (κ3) is 3.62. The lowest BCUT2D eigenvalue weighted by Crippen LogP contribution is -1.98. The van der Waals surface area contributed by atoms with Crippen LogP contribution in [0.25, 0.3) is 11.1 Å². The molecule has 0 unspecified atom stereocenters. The first-order valence-corrected chi connectivity index (χ1v) is 8.11. The summed E-state index contributed by atoms with van der Waals surface area (Å²) in [4.78, 5) is 0. The average molecular weight is 302 g/mol. The lowest BCUT2D eigenvalue weighted by Gasteiger charge is -2.16. The van der Waals surface area contributed by atoms with Crippen molar-refractivity contribution in [3.63, 3.8) is 0 Å². The van der Waals surface area contributed by atoms with Crippen LogP contribution in [0, 0.1) is 0 Å². The SMILES string of the molecule is CC(C)c1ccccc1-c1ccccc1OCc1ccccc1. The fourth-order valence-electron chi connectivity index (χ4n) is 2.80. The van der Waals surface area contributed by atoms with Gasteiger partial charge in [0, 0.05) is 5.56 Å². The van der Waals surface area contributed by atoms with Gasteiger partial charge in [-0.2, -0.15) is 0 Å². The minimum atomic E-state index is 0.480. The van der Waals surface area contributed by atoms with E-state index in [1.807, 2.05) is 24.3 Å². The first kappa shape index (κ1) is 15.4. The molecule has 1 nitrogen and oxygen atoms in total. The normalized spacial score (nSPS) is 10.7. The van der Waals surface area contributed by atoms with Crippen molar-refractivity contribution in [1.82, 2.24) is 0 Å². The fraction of sp³-hybridized carbons (Fsp3) is 0.182. The first-order chi connectivity index (χ1) is 11.3. The molecular weight excluding hydrogens is 280 g/mol. The fourth-order valence-corrected chi connectivity index (χ4v) is 2.80. The van der Waals surface area contributed by atoms with Gasteiger partial charge in [0.15, 0.2) is 0 Å². The van der Waals surface area contributed by atoms with E-state index in [1.165, 1.54) is 16.7 Å². The van der Waals surface area contributed by atoms with Crippen molar-refractivity contribution in [1.29, 1.82) is 0 Å². The Hall–Kier alpha value is -2.54. The summed E-state index contributed by atoms with van der Waals surface area (Å²) in [5.41, 5.74) is 4.95. The zero-order valence-corrected chi connectivity index (χ0v) is 13.7. The molecule has 0 saturated heterocycles. The molecule has 0 aliphatic rings. The summed E-state index contributed by atoms with van der Waals surface area (Å²) in [6, 6.07) is 27.2. The molecule has 0 heterocycles. The smallest absolute Gasteiger partial charge is 0.127 e. The molecule has 116 valence electrons. The maximum atomic E-state index is 6.11. The summed E-state index contributed by atoms with van der Waals surface area (Å²) in [6.45, 7) is 5.04. The Bertz CT molecular complexity index is 760. The number of ether oxygens (including phenoxy) is 1. The topological polar surface area (TPSA) is 9.23 Å². The standard InChI is InChI=1S/C22H22O/c1-17(2)19-12-6-7-13-20(19)21-14-8-9-15-22(21)23-16-18-10-4-3-5-11-18/h3-15,17H,16H2,1-2H3. The summed E-state index contributed by atoms with van der Waals surface area (Å²) in [5.74, 6) is 1.41. The second-order valence-electron chi connectivity index (χ2n) is 6.01. The van der Waals surface area contributed by atoms with Gasteiger partial charge in [-0.1, -0.05) is 86.6 Å².